The molecule has 0 radical (unpaired) electrons. The molecule has 0 rings (SSSR count). The van der Waals surface area contributed by atoms with Crippen molar-refractivity contribution in [2.24, 2.45) is 11.1 Å². The zero-order chi connectivity index (χ0) is 12.3. The van der Waals surface area contributed by atoms with Crippen LogP contribution >= 0.6 is 0 Å². The Hall–Kier alpha value is 0.750. The van der Waals surface area contributed by atoms with Gasteiger partial charge in [-0.1, -0.05) is 0 Å². The first-order valence-electron chi connectivity index (χ1n) is 4.21. The molecule has 92 valence electrons. The topological polar surface area (TPSA) is 144 Å². The standard InChI is InChI=1S/C7H17NO6S.Na/c1-6(8,15(12,13)14)2-7(3-9,4-10)5-11;/h9-11H,2-5,8H2,1H3,(H,12,13,14);/q;+1/p-1. The molecular weight excluding hydrogens is 249 g/mol. The molecule has 0 saturated heterocycles. The summed E-state index contributed by atoms with van der Waals surface area (Å²) in [6.07, 6.45) is -0.519. The third-order valence-electron chi connectivity index (χ3n) is 2.30. The number of rotatable bonds is 6. The molecule has 0 fully saturated rings. The molecule has 0 aliphatic rings. The minimum Gasteiger partial charge on any atom is -0.747 e. The molecule has 1 atom stereocenters. The minimum atomic E-state index is -4.77. The summed E-state index contributed by atoms with van der Waals surface area (Å²) in [5, 5.41) is 26.8. The molecule has 0 aromatic rings. The fourth-order valence-electron chi connectivity index (χ4n) is 1.15. The fraction of sp³-hybridized carbons (Fsp3) is 1.00. The van der Waals surface area contributed by atoms with Crippen LogP contribution in [0.3, 0.4) is 0 Å². The van der Waals surface area contributed by atoms with E-state index < -0.39 is 46.6 Å². The van der Waals surface area contributed by atoms with Crippen LogP contribution in [-0.4, -0.2) is 53.0 Å². The third kappa shape index (κ3) is 4.55. The zero-order valence-corrected chi connectivity index (χ0v) is 12.2. The van der Waals surface area contributed by atoms with Gasteiger partial charge in [0.05, 0.1) is 19.8 Å². The molecule has 0 amide bonds. The smallest absolute Gasteiger partial charge is 0.747 e. The number of aliphatic hydroxyl groups is 3. The van der Waals surface area contributed by atoms with Crippen LogP contribution in [0.4, 0.5) is 0 Å². The molecule has 0 heterocycles. The van der Waals surface area contributed by atoms with Crippen LogP contribution < -0.4 is 35.3 Å². The van der Waals surface area contributed by atoms with Crippen molar-refractivity contribution in [3.8, 4) is 0 Å². The largest absolute Gasteiger partial charge is 1.00 e. The van der Waals surface area contributed by atoms with E-state index in [0.717, 1.165) is 6.92 Å². The average molecular weight is 265 g/mol. The van der Waals surface area contributed by atoms with Gasteiger partial charge in [-0.3, -0.25) is 0 Å². The average Bonchev–Trinajstić information content (AvgIpc) is 2.12. The maximum absolute atomic E-state index is 10.8. The second kappa shape index (κ2) is 6.62. The van der Waals surface area contributed by atoms with Crippen LogP contribution in [-0.2, 0) is 10.1 Å². The summed E-state index contributed by atoms with van der Waals surface area (Å²) >= 11 is 0. The van der Waals surface area contributed by atoms with Crippen molar-refractivity contribution in [1.29, 1.82) is 0 Å². The summed E-state index contributed by atoms with van der Waals surface area (Å²) in [6.45, 7) is -1.02. The SMILES string of the molecule is CC(N)(CC(CO)(CO)CO)S(=O)(=O)[O-].[Na+]. The van der Waals surface area contributed by atoms with Crippen molar-refractivity contribution < 1.29 is 57.8 Å². The normalized spacial score (nSPS) is 16.4. The van der Waals surface area contributed by atoms with Gasteiger partial charge >= 0.3 is 29.6 Å². The second-order valence-corrected chi connectivity index (χ2v) is 5.76. The van der Waals surface area contributed by atoms with E-state index in [4.69, 9.17) is 21.1 Å². The van der Waals surface area contributed by atoms with Gasteiger partial charge in [0.25, 0.3) is 0 Å². The van der Waals surface area contributed by atoms with Crippen molar-refractivity contribution in [3.63, 3.8) is 0 Å². The van der Waals surface area contributed by atoms with Crippen molar-refractivity contribution in [2.45, 2.75) is 18.2 Å². The van der Waals surface area contributed by atoms with E-state index in [1.165, 1.54) is 0 Å². The van der Waals surface area contributed by atoms with Gasteiger partial charge in [0.1, 0.15) is 15.0 Å². The molecular formula is C7H16NNaO6S. The molecule has 9 heteroatoms. The summed E-state index contributed by atoms with van der Waals surface area (Å²) in [4.78, 5) is -2.14. The summed E-state index contributed by atoms with van der Waals surface area (Å²) in [6, 6.07) is 0. The second-order valence-electron chi connectivity index (χ2n) is 3.92. The van der Waals surface area contributed by atoms with Crippen molar-refractivity contribution in [2.75, 3.05) is 19.8 Å². The van der Waals surface area contributed by atoms with Crippen LogP contribution in [0.15, 0.2) is 0 Å². The van der Waals surface area contributed by atoms with E-state index in [-0.39, 0.29) is 29.6 Å². The monoisotopic (exact) mass is 265 g/mol. The third-order valence-corrected chi connectivity index (χ3v) is 3.59. The van der Waals surface area contributed by atoms with E-state index >= 15 is 0 Å². The van der Waals surface area contributed by atoms with E-state index in [0.29, 0.717) is 0 Å². The molecule has 0 aliphatic heterocycles. The van der Waals surface area contributed by atoms with Gasteiger partial charge in [-0.2, -0.15) is 0 Å². The molecule has 16 heavy (non-hydrogen) atoms. The van der Waals surface area contributed by atoms with E-state index in [2.05, 4.69) is 0 Å². The number of hydrogen-bond donors (Lipinski definition) is 4. The Labute approximate surface area is 117 Å². The Morgan fingerprint density at radius 1 is 1.19 bits per heavy atom. The van der Waals surface area contributed by atoms with Gasteiger partial charge in [0.15, 0.2) is 0 Å². The van der Waals surface area contributed by atoms with Crippen molar-refractivity contribution >= 4 is 10.1 Å². The molecule has 0 aromatic carbocycles. The van der Waals surface area contributed by atoms with Gasteiger partial charge in [-0.05, 0) is 13.3 Å². The van der Waals surface area contributed by atoms with Gasteiger partial charge in [-0.25, -0.2) is 8.42 Å². The molecule has 0 aliphatic carbocycles. The molecule has 1 unspecified atom stereocenters. The van der Waals surface area contributed by atoms with Gasteiger partial charge in [-0.15, -0.1) is 0 Å². The first-order chi connectivity index (χ1) is 6.64. The first-order valence-corrected chi connectivity index (χ1v) is 5.62. The van der Waals surface area contributed by atoms with E-state index in [1.54, 1.807) is 0 Å². The predicted octanol–water partition coefficient (Wildman–Crippen LogP) is -5.44. The summed E-state index contributed by atoms with van der Waals surface area (Å²) in [5.74, 6) is 0. The Morgan fingerprint density at radius 2 is 1.50 bits per heavy atom. The molecule has 0 spiro atoms. The number of aliphatic hydroxyl groups excluding tert-OH is 3. The minimum absolute atomic E-state index is 0. The first kappa shape index (κ1) is 19.1. The van der Waals surface area contributed by atoms with Crippen LogP contribution in [0.2, 0.25) is 0 Å². The van der Waals surface area contributed by atoms with Crippen molar-refractivity contribution in [1.82, 2.24) is 0 Å². The zero-order valence-electron chi connectivity index (χ0n) is 9.38. The Kier molecular flexibility index (Phi) is 7.90. The van der Waals surface area contributed by atoms with Crippen LogP contribution in [0.25, 0.3) is 0 Å². The van der Waals surface area contributed by atoms with E-state index in [1.807, 2.05) is 0 Å². The van der Waals surface area contributed by atoms with Gasteiger partial charge in [0.2, 0.25) is 0 Å². The Morgan fingerprint density at radius 3 is 1.69 bits per heavy atom. The van der Waals surface area contributed by atoms with Gasteiger partial charge in [0, 0.05) is 5.41 Å². The van der Waals surface area contributed by atoms with Gasteiger partial charge < -0.3 is 25.6 Å². The maximum atomic E-state index is 10.8. The number of nitrogens with two attached hydrogens (primary N) is 1. The molecule has 0 bridgehead atoms. The van der Waals surface area contributed by atoms with Crippen LogP contribution in [0.1, 0.15) is 13.3 Å². The molecule has 0 saturated carbocycles. The van der Waals surface area contributed by atoms with Crippen molar-refractivity contribution in [3.05, 3.63) is 0 Å². The molecule has 7 nitrogen and oxygen atoms in total. The quantitative estimate of drug-likeness (QED) is 0.277. The summed E-state index contributed by atoms with van der Waals surface area (Å²) in [7, 11) is -4.77. The summed E-state index contributed by atoms with van der Waals surface area (Å²) < 4.78 is 32.3. The fourth-order valence-corrected chi connectivity index (χ4v) is 1.63. The molecule has 0 aromatic heterocycles. The maximum Gasteiger partial charge on any atom is 1.00 e. The Bertz CT molecular complexity index is 292. The Balaban J connectivity index is 0. The van der Waals surface area contributed by atoms with E-state index in [9.17, 15) is 13.0 Å². The predicted molar refractivity (Wildman–Crippen MR) is 50.6 cm³/mol. The summed E-state index contributed by atoms with van der Waals surface area (Å²) in [5.41, 5.74) is 3.80. The number of hydrogen-bond acceptors (Lipinski definition) is 7. The molecule has 5 N–H and O–H groups in total. The van der Waals surface area contributed by atoms with Crippen LogP contribution in [0, 0.1) is 5.41 Å². The van der Waals surface area contributed by atoms with Crippen LogP contribution in [0.5, 0.6) is 0 Å².